The number of alkyl halides is 3. The van der Waals surface area contributed by atoms with Crippen molar-refractivity contribution in [1.82, 2.24) is 15.0 Å². The van der Waals surface area contributed by atoms with Gasteiger partial charge in [0.05, 0.1) is 25.5 Å². The van der Waals surface area contributed by atoms with Crippen LogP contribution in [-0.2, 0) is 5.54 Å². The summed E-state index contributed by atoms with van der Waals surface area (Å²) < 4.78 is 45.9. The van der Waals surface area contributed by atoms with Crippen LogP contribution in [0.2, 0.25) is 0 Å². The number of hydrogen-bond acceptors (Lipinski definition) is 6. The Bertz CT molecular complexity index is 1040. The Balaban J connectivity index is 1.81. The largest absolute Gasteiger partial charge is 0.495 e. The number of nitrogens with two attached hydrogens (primary N) is 1. The molecule has 9 heteroatoms. The van der Waals surface area contributed by atoms with Crippen LogP contribution >= 0.6 is 0 Å². The lowest BCUT2D eigenvalue weighted by Crippen LogP contribution is -2.52. The Morgan fingerprint density at radius 1 is 1.20 bits per heavy atom. The smallest absolute Gasteiger partial charge is 0.409 e. The molecule has 2 aliphatic rings. The molecule has 4 rings (SSSR count). The number of rotatable bonds is 3. The van der Waals surface area contributed by atoms with Gasteiger partial charge in [0.1, 0.15) is 23.2 Å². The van der Waals surface area contributed by atoms with E-state index in [1.165, 1.54) is 18.1 Å². The number of hydrazine groups is 1. The van der Waals surface area contributed by atoms with Gasteiger partial charge in [0, 0.05) is 18.8 Å². The molecule has 3 heterocycles. The van der Waals surface area contributed by atoms with E-state index in [1.54, 1.807) is 31.4 Å². The first-order chi connectivity index (χ1) is 14.1. The van der Waals surface area contributed by atoms with Gasteiger partial charge in [-0.25, -0.2) is 5.01 Å². The first-order valence-electron chi connectivity index (χ1n) is 9.37. The lowest BCUT2D eigenvalue weighted by molar-refractivity contribution is -0.186. The number of nitrogens with zero attached hydrogens (tertiary/aromatic N) is 4. The minimum Gasteiger partial charge on any atom is -0.495 e. The van der Waals surface area contributed by atoms with E-state index < -0.39 is 17.8 Å². The van der Waals surface area contributed by atoms with E-state index in [-0.39, 0.29) is 12.4 Å². The van der Waals surface area contributed by atoms with E-state index in [1.807, 2.05) is 30.3 Å². The Morgan fingerprint density at radius 2 is 1.97 bits per heavy atom. The van der Waals surface area contributed by atoms with E-state index >= 15 is 0 Å². The van der Waals surface area contributed by atoms with Crippen molar-refractivity contribution in [3.8, 4) is 16.9 Å². The van der Waals surface area contributed by atoms with Gasteiger partial charge in [-0.3, -0.25) is 15.0 Å². The van der Waals surface area contributed by atoms with Crippen LogP contribution in [0.25, 0.3) is 11.1 Å². The minimum atomic E-state index is -4.40. The quantitative estimate of drug-likeness (QED) is 0.830. The Hall–Kier alpha value is -3.07. The SMILES string of the molecule is COc1cncc(-c2cccc(C3(C)N=C(N)CN4C3=CC(C(F)(F)F)N4C)c2)c1. The van der Waals surface area contributed by atoms with Crippen molar-refractivity contribution >= 4 is 5.84 Å². The molecule has 0 fully saturated rings. The van der Waals surface area contributed by atoms with Gasteiger partial charge in [0.15, 0.2) is 0 Å². The zero-order valence-electron chi connectivity index (χ0n) is 16.8. The summed E-state index contributed by atoms with van der Waals surface area (Å²) in [6, 6.07) is 7.63. The minimum absolute atomic E-state index is 0.115. The van der Waals surface area contributed by atoms with Crippen LogP contribution in [0.15, 0.2) is 59.5 Å². The van der Waals surface area contributed by atoms with Gasteiger partial charge in [-0.15, -0.1) is 0 Å². The van der Waals surface area contributed by atoms with Crippen molar-refractivity contribution in [1.29, 1.82) is 0 Å². The van der Waals surface area contributed by atoms with Crippen LogP contribution in [0, 0.1) is 0 Å². The fourth-order valence-electron chi connectivity index (χ4n) is 4.02. The van der Waals surface area contributed by atoms with Crippen LogP contribution in [0.1, 0.15) is 12.5 Å². The predicted molar refractivity (Wildman–Crippen MR) is 108 cm³/mol. The van der Waals surface area contributed by atoms with Gasteiger partial charge >= 0.3 is 6.18 Å². The Labute approximate surface area is 172 Å². The van der Waals surface area contributed by atoms with Gasteiger partial charge in [-0.1, -0.05) is 18.2 Å². The molecule has 2 atom stereocenters. The Kier molecular flexibility index (Phi) is 4.73. The van der Waals surface area contributed by atoms with Crippen LogP contribution < -0.4 is 10.5 Å². The fraction of sp³-hybridized carbons (Fsp3) is 0.333. The van der Waals surface area contributed by atoms with Crippen molar-refractivity contribution < 1.29 is 17.9 Å². The summed E-state index contributed by atoms with van der Waals surface area (Å²) in [6.07, 6.45) is 0.144. The maximum Gasteiger partial charge on any atom is 0.409 e. The molecule has 0 saturated carbocycles. The highest BCUT2D eigenvalue weighted by Crippen LogP contribution is 2.45. The molecular weight excluding hydrogens is 395 g/mol. The molecule has 0 bridgehead atoms. The van der Waals surface area contributed by atoms with E-state index in [4.69, 9.17) is 10.5 Å². The van der Waals surface area contributed by atoms with E-state index in [9.17, 15) is 13.2 Å². The summed E-state index contributed by atoms with van der Waals surface area (Å²) >= 11 is 0. The molecule has 2 aliphatic heterocycles. The first kappa shape index (κ1) is 20.2. The number of amidine groups is 1. The highest BCUT2D eigenvalue weighted by molar-refractivity contribution is 5.85. The molecule has 158 valence electrons. The summed E-state index contributed by atoms with van der Waals surface area (Å²) in [5.41, 5.74) is 7.87. The second-order valence-electron chi connectivity index (χ2n) is 7.54. The number of methoxy groups -OCH3 is 1. The zero-order valence-corrected chi connectivity index (χ0v) is 16.8. The molecule has 1 aromatic heterocycles. The van der Waals surface area contributed by atoms with Gasteiger partial charge < -0.3 is 10.5 Å². The number of aromatic nitrogens is 1. The summed E-state index contributed by atoms with van der Waals surface area (Å²) in [4.78, 5) is 8.78. The van der Waals surface area contributed by atoms with Crippen LogP contribution in [0.5, 0.6) is 5.75 Å². The van der Waals surface area contributed by atoms with Crippen molar-refractivity contribution in [2.75, 3.05) is 20.7 Å². The van der Waals surface area contributed by atoms with Gasteiger partial charge in [-0.2, -0.15) is 13.2 Å². The molecule has 30 heavy (non-hydrogen) atoms. The van der Waals surface area contributed by atoms with E-state index in [0.29, 0.717) is 11.4 Å². The molecule has 6 nitrogen and oxygen atoms in total. The highest BCUT2D eigenvalue weighted by atomic mass is 19.4. The third kappa shape index (κ3) is 3.28. The highest BCUT2D eigenvalue weighted by Gasteiger charge is 2.52. The average molecular weight is 417 g/mol. The molecule has 2 N–H and O–H groups in total. The standard InChI is InChI=1S/C21H22F3N5O/c1-20(15-6-4-5-13(7-15)14-8-16(30-3)11-26-10-14)17-9-18(21(22,23)24)28(2)29(17)12-19(25)27-20/h4-11,18H,12H2,1-3H3,(H2,25,27). The van der Waals surface area contributed by atoms with Crippen molar-refractivity contribution in [3.05, 3.63) is 60.1 Å². The van der Waals surface area contributed by atoms with Crippen LogP contribution in [0.4, 0.5) is 13.2 Å². The number of aliphatic imine (C=N–C) groups is 1. The number of ether oxygens (including phenoxy) is 1. The normalized spacial score (nSPS) is 24.3. The second-order valence-corrected chi connectivity index (χ2v) is 7.54. The maximum absolute atomic E-state index is 13.6. The van der Waals surface area contributed by atoms with Crippen LogP contribution in [0.3, 0.4) is 0 Å². The monoisotopic (exact) mass is 417 g/mol. The van der Waals surface area contributed by atoms with Crippen molar-refractivity contribution in [2.24, 2.45) is 10.7 Å². The number of pyridine rings is 1. The molecule has 1 aromatic carbocycles. The number of fused-ring (bicyclic) bond motifs is 1. The molecule has 0 spiro atoms. The third-order valence-corrected chi connectivity index (χ3v) is 5.60. The number of halogens is 3. The number of likely N-dealkylation sites (N-methyl/N-ethyl adjacent to an activating group) is 1. The van der Waals surface area contributed by atoms with Crippen LogP contribution in [-0.4, -0.2) is 53.8 Å². The lowest BCUT2D eigenvalue weighted by Gasteiger charge is -2.42. The summed E-state index contributed by atoms with van der Waals surface area (Å²) in [6.45, 7) is 1.90. The van der Waals surface area contributed by atoms with Gasteiger partial charge in [0.25, 0.3) is 0 Å². The predicted octanol–water partition coefficient (Wildman–Crippen LogP) is 3.32. The third-order valence-electron chi connectivity index (χ3n) is 5.60. The van der Waals surface area contributed by atoms with Crippen molar-refractivity contribution in [2.45, 2.75) is 24.7 Å². The van der Waals surface area contributed by atoms with Gasteiger partial charge in [0.2, 0.25) is 0 Å². The second kappa shape index (κ2) is 7.02. The van der Waals surface area contributed by atoms with Crippen molar-refractivity contribution in [3.63, 3.8) is 0 Å². The molecule has 0 amide bonds. The zero-order chi connectivity index (χ0) is 21.7. The number of hydrogen-bond donors (Lipinski definition) is 1. The molecule has 0 aliphatic carbocycles. The fourth-order valence-corrected chi connectivity index (χ4v) is 4.02. The Morgan fingerprint density at radius 3 is 2.67 bits per heavy atom. The summed E-state index contributed by atoms with van der Waals surface area (Å²) in [7, 11) is 2.98. The number of benzene rings is 1. The topological polar surface area (TPSA) is 67.0 Å². The molecule has 0 radical (unpaired) electrons. The molecule has 2 unspecified atom stereocenters. The van der Waals surface area contributed by atoms with E-state index in [2.05, 4.69) is 9.98 Å². The molecular formula is C21H22F3N5O. The first-order valence-corrected chi connectivity index (χ1v) is 9.37. The maximum atomic E-state index is 13.6. The lowest BCUT2D eigenvalue weighted by atomic mass is 9.85. The summed E-state index contributed by atoms with van der Waals surface area (Å²) in [5.74, 6) is 0.890. The molecule has 0 saturated heterocycles. The molecule has 2 aromatic rings. The van der Waals surface area contributed by atoms with Gasteiger partial charge in [-0.05, 0) is 36.3 Å². The average Bonchev–Trinajstić information content (AvgIpc) is 3.06. The summed E-state index contributed by atoms with van der Waals surface area (Å²) in [5, 5.41) is 2.73. The van der Waals surface area contributed by atoms with E-state index in [0.717, 1.165) is 16.7 Å².